The Balaban J connectivity index is 1.61. The molecular formula is C17H16N6O4. The van der Waals surface area contributed by atoms with Crippen LogP contribution in [0.5, 0.6) is 0 Å². The molecule has 1 aromatic carbocycles. The van der Waals surface area contributed by atoms with Crippen molar-refractivity contribution in [3.63, 3.8) is 0 Å². The normalized spacial score (nSPS) is 14.5. The number of anilines is 2. The molecule has 0 amide bonds. The number of nitro groups is 2. The Morgan fingerprint density at radius 3 is 2.22 bits per heavy atom. The number of imidazole rings is 1. The van der Waals surface area contributed by atoms with Crippen LogP contribution in [0.1, 0.15) is 0 Å². The monoisotopic (exact) mass is 368 g/mol. The van der Waals surface area contributed by atoms with Crippen LogP contribution in [0.25, 0.3) is 5.65 Å². The first-order valence-electron chi connectivity index (χ1n) is 8.41. The number of nitrogens with zero attached hydrogens (tertiary/aromatic N) is 6. The summed E-state index contributed by atoms with van der Waals surface area (Å²) in [5.74, 6) is 0.262. The first-order chi connectivity index (χ1) is 13.1. The lowest BCUT2D eigenvalue weighted by atomic mass is 10.2. The summed E-state index contributed by atoms with van der Waals surface area (Å²) in [4.78, 5) is 30.2. The molecular weight excluding hydrogens is 352 g/mol. The third kappa shape index (κ3) is 2.90. The highest BCUT2D eigenvalue weighted by Gasteiger charge is 2.30. The summed E-state index contributed by atoms with van der Waals surface area (Å²) in [5, 5.41) is 22.8. The number of para-hydroxylation sites is 2. The summed E-state index contributed by atoms with van der Waals surface area (Å²) in [6.07, 6.45) is 1.62. The minimum absolute atomic E-state index is 0.0599. The van der Waals surface area contributed by atoms with Gasteiger partial charge in [-0.25, -0.2) is 0 Å². The average molecular weight is 368 g/mol. The Morgan fingerprint density at radius 2 is 1.52 bits per heavy atom. The molecule has 3 heterocycles. The van der Waals surface area contributed by atoms with Crippen molar-refractivity contribution < 1.29 is 9.85 Å². The molecule has 4 rings (SSSR count). The highest BCUT2D eigenvalue weighted by Crippen LogP contribution is 2.32. The summed E-state index contributed by atoms with van der Waals surface area (Å²) in [5.41, 5.74) is 1.14. The van der Waals surface area contributed by atoms with Crippen LogP contribution >= 0.6 is 0 Å². The molecule has 0 radical (unpaired) electrons. The van der Waals surface area contributed by atoms with Crippen molar-refractivity contribution in [3.8, 4) is 0 Å². The van der Waals surface area contributed by atoms with Crippen LogP contribution in [0.2, 0.25) is 0 Å². The smallest absolute Gasteiger partial charge is 0.362 e. The van der Waals surface area contributed by atoms with E-state index in [4.69, 9.17) is 0 Å². The largest absolute Gasteiger partial charge is 0.372 e. The molecule has 10 heteroatoms. The van der Waals surface area contributed by atoms with Gasteiger partial charge >= 0.3 is 5.82 Å². The standard InChI is InChI=1S/C17H16N6O4/c24-22(25)14-6-2-1-5-13(14)19-9-11-20(12-10-19)16-17(23(26)27)21-8-4-3-7-15(21)18-16/h1-8H,9-12H2. The fraction of sp³-hybridized carbons (Fsp3) is 0.235. The van der Waals surface area contributed by atoms with Gasteiger partial charge in [-0.1, -0.05) is 18.2 Å². The van der Waals surface area contributed by atoms with Gasteiger partial charge in [0.2, 0.25) is 11.5 Å². The summed E-state index contributed by atoms with van der Waals surface area (Å²) in [6.45, 7) is 1.99. The third-order valence-corrected chi connectivity index (χ3v) is 4.66. The Labute approximate surface area is 153 Å². The second-order valence-corrected chi connectivity index (χ2v) is 6.16. The average Bonchev–Trinajstić information content (AvgIpc) is 3.08. The van der Waals surface area contributed by atoms with Gasteiger partial charge in [0.1, 0.15) is 5.69 Å². The second-order valence-electron chi connectivity index (χ2n) is 6.16. The lowest BCUT2D eigenvalue weighted by Gasteiger charge is -2.35. The van der Waals surface area contributed by atoms with Gasteiger partial charge in [0, 0.05) is 38.3 Å². The zero-order chi connectivity index (χ0) is 19.0. The molecule has 0 unspecified atom stereocenters. The van der Waals surface area contributed by atoms with Crippen molar-refractivity contribution in [3.05, 3.63) is 68.9 Å². The summed E-state index contributed by atoms with van der Waals surface area (Å²) in [7, 11) is 0. The van der Waals surface area contributed by atoms with Gasteiger partial charge in [-0.05, 0) is 17.1 Å². The topological polar surface area (TPSA) is 110 Å². The Kier molecular flexibility index (Phi) is 4.07. The minimum atomic E-state index is -0.427. The molecule has 10 nitrogen and oxygen atoms in total. The first kappa shape index (κ1) is 16.8. The van der Waals surface area contributed by atoms with E-state index in [2.05, 4.69) is 4.98 Å². The van der Waals surface area contributed by atoms with E-state index in [0.29, 0.717) is 43.3 Å². The number of aromatic nitrogens is 2. The molecule has 0 bridgehead atoms. The van der Waals surface area contributed by atoms with Gasteiger partial charge in [0.25, 0.3) is 5.69 Å². The van der Waals surface area contributed by atoms with Gasteiger partial charge in [0.05, 0.1) is 11.1 Å². The van der Waals surface area contributed by atoms with Gasteiger partial charge < -0.3 is 19.9 Å². The molecule has 1 aliphatic rings. The molecule has 1 saturated heterocycles. The van der Waals surface area contributed by atoms with Crippen molar-refractivity contribution in [1.82, 2.24) is 9.38 Å². The van der Waals surface area contributed by atoms with Gasteiger partial charge in [-0.3, -0.25) is 10.1 Å². The van der Waals surface area contributed by atoms with E-state index in [1.54, 1.807) is 42.6 Å². The van der Waals surface area contributed by atoms with Crippen LogP contribution < -0.4 is 9.80 Å². The zero-order valence-corrected chi connectivity index (χ0v) is 14.3. The Bertz CT molecular complexity index is 1030. The third-order valence-electron chi connectivity index (χ3n) is 4.66. The number of rotatable bonds is 4. The number of fused-ring (bicyclic) bond motifs is 1. The lowest BCUT2D eigenvalue weighted by Crippen LogP contribution is -2.47. The van der Waals surface area contributed by atoms with E-state index in [1.807, 2.05) is 9.80 Å². The van der Waals surface area contributed by atoms with Crippen LogP contribution in [0.15, 0.2) is 48.7 Å². The molecule has 0 N–H and O–H groups in total. The van der Waals surface area contributed by atoms with Crippen molar-refractivity contribution in [2.75, 3.05) is 36.0 Å². The number of piperazine rings is 1. The molecule has 1 aliphatic heterocycles. The van der Waals surface area contributed by atoms with Crippen molar-refractivity contribution in [2.45, 2.75) is 0 Å². The predicted molar refractivity (Wildman–Crippen MR) is 99.4 cm³/mol. The fourth-order valence-corrected chi connectivity index (χ4v) is 3.40. The number of hydrogen-bond donors (Lipinski definition) is 0. The second kappa shape index (κ2) is 6.56. The summed E-state index contributed by atoms with van der Waals surface area (Å²) in [6, 6.07) is 11.8. The van der Waals surface area contributed by atoms with Crippen molar-refractivity contribution >= 4 is 28.7 Å². The highest BCUT2D eigenvalue weighted by atomic mass is 16.6. The minimum Gasteiger partial charge on any atom is -0.362 e. The number of hydrogen-bond acceptors (Lipinski definition) is 7. The van der Waals surface area contributed by atoms with E-state index >= 15 is 0 Å². The summed E-state index contributed by atoms with van der Waals surface area (Å²) < 4.78 is 1.46. The van der Waals surface area contributed by atoms with E-state index < -0.39 is 9.85 Å². The molecule has 0 saturated carbocycles. The predicted octanol–water partition coefficient (Wildman–Crippen LogP) is 2.48. The van der Waals surface area contributed by atoms with Gasteiger partial charge in [0.15, 0.2) is 0 Å². The van der Waals surface area contributed by atoms with Crippen LogP contribution in [-0.2, 0) is 0 Å². The maximum absolute atomic E-state index is 11.6. The Morgan fingerprint density at radius 1 is 0.852 bits per heavy atom. The molecule has 3 aromatic rings. The quantitative estimate of drug-likeness (QED) is 0.514. The molecule has 0 spiro atoms. The van der Waals surface area contributed by atoms with Gasteiger partial charge in [-0.15, -0.1) is 0 Å². The van der Waals surface area contributed by atoms with Crippen LogP contribution in [-0.4, -0.2) is 45.4 Å². The lowest BCUT2D eigenvalue weighted by molar-refractivity contribution is -0.389. The Hall–Kier alpha value is -3.69. The fourth-order valence-electron chi connectivity index (χ4n) is 3.40. The van der Waals surface area contributed by atoms with E-state index in [1.165, 1.54) is 10.5 Å². The number of nitro benzene ring substituents is 1. The van der Waals surface area contributed by atoms with E-state index in [0.717, 1.165) is 0 Å². The van der Waals surface area contributed by atoms with Crippen molar-refractivity contribution in [1.29, 1.82) is 0 Å². The molecule has 1 fully saturated rings. The number of pyridine rings is 1. The van der Waals surface area contributed by atoms with Crippen molar-refractivity contribution in [2.24, 2.45) is 0 Å². The molecule has 138 valence electrons. The van der Waals surface area contributed by atoms with E-state index in [9.17, 15) is 20.2 Å². The van der Waals surface area contributed by atoms with E-state index in [-0.39, 0.29) is 11.5 Å². The van der Waals surface area contributed by atoms with Crippen LogP contribution in [0.3, 0.4) is 0 Å². The molecule has 0 atom stereocenters. The summed E-state index contributed by atoms with van der Waals surface area (Å²) >= 11 is 0. The maximum atomic E-state index is 11.6. The highest BCUT2D eigenvalue weighted by molar-refractivity contribution is 5.66. The zero-order valence-electron chi connectivity index (χ0n) is 14.3. The van der Waals surface area contributed by atoms with Crippen LogP contribution in [0.4, 0.5) is 23.0 Å². The molecule has 2 aromatic heterocycles. The maximum Gasteiger partial charge on any atom is 0.372 e. The number of benzene rings is 1. The molecule has 0 aliphatic carbocycles. The SMILES string of the molecule is O=[N+]([O-])c1ccccc1N1CCN(c2nc3ccccn3c2[N+](=O)[O-])CC1. The van der Waals surface area contributed by atoms with Crippen LogP contribution in [0, 0.1) is 20.2 Å². The molecule has 27 heavy (non-hydrogen) atoms. The van der Waals surface area contributed by atoms with Gasteiger partial charge in [-0.2, -0.15) is 9.38 Å². The first-order valence-corrected chi connectivity index (χ1v) is 8.41.